The number of primary amides is 1. The van der Waals surface area contributed by atoms with E-state index in [1.165, 1.54) is 11.1 Å². The number of hydrogen-bond donors (Lipinski definition) is 3. The molecule has 0 aliphatic heterocycles. The third kappa shape index (κ3) is 6.16. The van der Waals surface area contributed by atoms with Gasteiger partial charge in [-0.1, -0.05) is 52.0 Å². The van der Waals surface area contributed by atoms with Gasteiger partial charge in [-0.3, -0.25) is 14.9 Å². The number of nitrogens with one attached hydrogen (secondary N) is 2. The van der Waals surface area contributed by atoms with Gasteiger partial charge >= 0.3 is 0 Å². The second-order valence-electron chi connectivity index (χ2n) is 8.02. The molecular weight excluding hydrogens is 362 g/mol. The number of benzene rings is 2. The molecule has 156 valence electrons. The highest BCUT2D eigenvalue weighted by atomic mass is 16.2. The molecule has 5 nitrogen and oxygen atoms in total. The summed E-state index contributed by atoms with van der Waals surface area (Å²) in [6.07, 6.45) is 1.11. The van der Waals surface area contributed by atoms with Crippen molar-refractivity contribution in [3.8, 4) is 0 Å². The van der Waals surface area contributed by atoms with E-state index in [-0.39, 0.29) is 18.0 Å². The zero-order valence-electron chi connectivity index (χ0n) is 18.0. The fraction of sp³-hybridized carbons (Fsp3) is 0.417. The number of amides is 2. The predicted molar refractivity (Wildman–Crippen MR) is 119 cm³/mol. The number of carbonyl (C=O) groups is 2. The summed E-state index contributed by atoms with van der Waals surface area (Å²) in [4.78, 5) is 23.8. The molecule has 0 aliphatic rings. The zero-order chi connectivity index (χ0) is 21.6. The second kappa shape index (κ2) is 10.2. The van der Waals surface area contributed by atoms with E-state index in [9.17, 15) is 9.59 Å². The standard InChI is InChI=1S/C24H33N3O2/c1-6-16(4)18-7-9-19(10-8-18)22(15(2)3)26-17(5)24(29)27-21-13-11-20(12-14-21)23(25)28/h7-17,22,26H,6H2,1-5H3,(H2,25,28)(H,27,29)/t16-,17-,22+/m0/s1. The molecule has 2 aromatic carbocycles. The molecule has 5 heteroatoms. The average molecular weight is 396 g/mol. The van der Waals surface area contributed by atoms with Crippen LogP contribution in [0.3, 0.4) is 0 Å². The first-order valence-corrected chi connectivity index (χ1v) is 10.3. The summed E-state index contributed by atoms with van der Waals surface area (Å²) in [5.74, 6) is 0.255. The Hall–Kier alpha value is -2.66. The number of carbonyl (C=O) groups excluding carboxylic acids is 2. The van der Waals surface area contributed by atoms with Crippen molar-refractivity contribution in [1.82, 2.24) is 5.32 Å². The van der Waals surface area contributed by atoms with Crippen molar-refractivity contribution in [1.29, 1.82) is 0 Å². The van der Waals surface area contributed by atoms with Crippen molar-refractivity contribution in [2.75, 3.05) is 5.32 Å². The van der Waals surface area contributed by atoms with E-state index in [1.807, 2.05) is 6.92 Å². The Morgan fingerprint density at radius 3 is 1.93 bits per heavy atom. The molecule has 4 N–H and O–H groups in total. The minimum Gasteiger partial charge on any atom is -0.366 e. The van der Waals surface area contributed by atoms with Gasteiger partial charge in [-0.15, -0.1) is 0 Å². The molecule has 2 rings (SSSR count). The average Bonchev–Trinajstić information content (AvgIpc) is 2.71. The summed E-state index contributed by atoms with van der Waals surface area (Å²) in [7, 11) is 0. The lowest BCUT2D eigenvalue weighted by Gasteiger charge is -2.27. The number of nitrogens with two attached hydrogens (primary N) is 1. The molecule has 0 bridgehead atoms. The van der Waals surface area contributed by atoms with Gasteiger partial charge in [0.15, 0.2) is 0 Å². The van der Waals surface area contributed by atoms with Gasteiger partial charge in [0.2, 0.25) is 11.8 Å². The summed E-state index contributed by atoms with van der Waals surface area (Å²) in [5, 5.41) is 6.34. The van der Waals surface area contributed by atoms with Crippen molar-refractivity contribution >= 4 is 17.5 Å². The van der Waals surface area contributed by atoms with Crippen molar-refractivity contribution in [3.05, 3.63) is 65.2 Å². The smallest absolute Gasteiger partial charge is 0.248 e. The third-order valence-corrected chi connectivity index (χ3v) is 5.40. The molecule has 0 unspecified atom stereocenters. The van der Waals surface area contributed by atoms with Crippen molar-refractivity contribution in [3.63, 3.8) is 0 Å². The third-order valence-electron chi connectivity index (χ3n) is 5.40. The van der Waals surface area contributed by atoms with Crippen LogP contribution in [-0.4, -0.2) is 17.9 Å². The summed E-state index contributed by atoms with van der Waals surface area (Å²) in [6.45, 7) is 10.6. The van der Waals surface area contributed by atoms with Crippen LogP contribution >= 0.6 is 0 Å². The lowest BCUT2D eigenvalue weighted by molar-refractivity contribution is -0.118. The molecule has 0 radical (unpaired) electrons. The van der Waals surface area contributed by atoms with Crippen LogP contribution in [0.5, 0.6) is 0 Å². The van der Waals surface area contributed by atoms with Crippen LogP contribution in [0.25, 0.3) is 0 Å². The molecular formula is C24H33N3O2. The maximum atomic E-state index is 12.6. The van der Waals surface area contributed by atoms with Crippen LogP contribution < -0.4 is 16.4 Å². The van der Waals surface area contributed by atoms with Gasteiger partial charge in [-0.25, -0.2) is 0 Å². The largest absolute Gasteiger partial charge is 0.366 e. The van der Waals surface area contributed by atoms with Crippen LogP contribution in [0.15, 0.2) is 48.5 Å². The molecule has 0 saturated carbocycles. The van der Waals surface area contributed by atoms with E-state index in [2.05, 4.69) is 62.6 Å². The van der Waals surface area contributed by atoms with E-state index in [0.717, 1.165) is 6.42 Å². The Labute approximate surface area is 174 Å². The van der Waals surface area contributed by atoms with Crippen molar-refractivity contribution in [2.24, 2.45) is 11.7 Å². The molecule has 2 aromatic rings. The van der Waals surface area contributed by atoms with Gasteiger partial charge in [0.05, 0.1) is 6.04 Å². The molecule has 2 amide bonds. The second-order valence-corrected chi connectivity index (χ2v) is 8.02. The predicted octanol–water partition coefficient (Wildman–Crippen LogP) is 4.61. The van der Waals surface area contributed by atoms with E-state index < -0.39 is 5.91 Å². The van der Waals surface area contributed by atoms with E-state index in [4.69, 9.17) is 5.73 Å². The van der Waals surface area contributed by atoms with Crippen LogP contribution in [0, 0.1) is 5.92 Å². The van der Waals surface area contributed by atoms with Crippen LogP contribution in [-0.2, 0) is 4.79 Å². The van der Waals surface area contributed by atoms with Gasteiger partial charge in [-0.05, 0) is 60.6 Å². The van der Waals surface area contributed by atoms with Crippen molar-refractivity contribution < 1.29 is 9.59 Å². The Morgan fingerprint density at radius 2 is 1.45 bits per heavy atom. The first kappa shape index (κ1) is 22.6. The van der Waals surface area contributed by atoms with Gasteiger partial charge < -0.3 is 11.1 Å². The zero-order valence-corrected chi connectivity index (χ0v) is 18.0. The highest BCUT2D eigenvalue weighted by molar-refractivity contribution is 5.96. The molecule has 0 fully saturated rings. The summed E-state index contributed by atoms with van der Waals surface area (Å²) in [5.41, 5.74) is 8.81. The Balaban J connectivity index is 2.05. The van der Waals surface area contributed by atoms with Gasteiger partial charge in [0.25, 0.3) is 0 Å². The number of anilines is 1. The van der Waals surface area contributed by atoms with Crippen LogP contribution in [0.1, 0.15) is 74.5 Å². The molecule has 0 spiro atoms. The van der Waals surface area contributed by atoms with E-state index >= 15 is 0 Å². The first-order chi connectivity index (χ1) is 13.7. The molecule has 0 saturated heterocycles. The highest BCUT2D eigenvalue weighted by Gasteiger charge is 2.22. The fourth-order valence-corrected chi connectivity index (χ4v) is 3.25. The van der Waals surface area contributed by atoms with Crippen molar-refractivity contribution in [2.45, 2.75) is 59.0 Å². The SMILES string of the molecule is CC[C@H](C)c1ccc([C@H](N[C@@H](C)C(=O)Nc2ccc(C(N)=O)cc2)C(C)C)cc1. The Kier molecular flexibility index (Phi) is 7.97. The number of hydrogen-bond acceptors (Lipinski definition) is 3. The maximum Gasteiger partial charge on any atom is 0.248 e. The molecule has 0 heterocycles. The Bertz CT molecular complexity index is 813. The first-order valence-electron chi connectivity index (χ1n) is 10.3. The lowest BCUT2D eigenvalue weighted by Crippen LogP contribution is -2.41. The molecule has 29 heavy (non-hydrogen) atoms. The summed E-state index contributed by atoms with van der Waals surface area (Å²) in [6, 6.07) is 14.9. The van der Waals surface area contributed by atoms with E-state index in [1.54, 1.807) is 24.3 Å². The van der Waals surface area contributed by atoms with Gasteiger partial charge in [0, 0.05) is 17.3 Å². The quantitative estimate of drug-likeness (QED) is 0.579. The normalized spacial score (nSPS) is 14.3. The molecule has 3 atom stereocenters. The summed E-state index contributed by atoms with van der Waals surface area (Å²) < 4.78 is 0. The maximum absolute atomic E-state index is 12.6. The number of rotatable bonds is 9. The summed E-state index contributed by atoms with van der Waals surface area (Å²) >= 11 is 0. The van der Waals surface area contributed by atoms with E-state index in [0.29, 0.717) is 23.1 Å². The minimum absolute atomic E-state index is 0.0685. The molecule has 0 aliphatic carbocycles. The highest BCUT2D eigenvalue weighted by Crippen LogP contribution is 2.26. The Morgan fingerprint density at radius 1 is 0.897 bits per heavy atom. The lowest BCUT2D eigenvalue weighted by atomic mass is 9.91. The topological polar surface area (TPSA) is 84.2 Å². The van der Waals surface area contributed by atoms with Crippen LogP contribution in [0.4, 0.5) is 5.69 Å². The van der Waals surface area contributed by atoms with Gasteiger partial charge in [-0.2, -0.15) is 0 Å². The van der Waals surface area contributed by atoms with Gasteiger partial charge in [0.1, 0.15) is 0 Å². The minimum atomic E-state index is -0.489. The fourth-order valence-electron chi connectivity index (χ4n) is 3.25. The monoisotopic (exact) mass is 395 g/mol. The molecule has 0 aromatic heterocycles. The van der Waals surface area contributed by atoms with Crippen LogP contribution in [0.2, 0.25) is 0 Å².